The van der Waals surface area contributed by atoms with Crippen molar-refractivity contribution in [3.05, 3.63) is 45.0 Å². The molecule has 2 aromatic heterocycles. The topological polar surface area (TPSA) is 79.9 Å². The molecule has 0 bridgehead atoms. The van der Waals surface area contributed by atoms with E-state index in [0.29, 0.717) is 22.7 Å². The lowest BCUT2D eigenvalue weighted by atomic mass is 10.2. The third-order valence-corrected chi connectivity index (χ3v) is 3.02. The van der Waals surface area contributed by atoms with Crippen molar-refractivity contribution in [3.63, 3.8) is 0 Å². The van der Waals surface area contributed by atoms with Gasteiger partial charge in [-0.05, 0) is 22.0 Å². The number of rotatable bonds is 4. The third kappa shape index (κ3) is 2.67. The summed E-state index contributed by atoms with van der Waals surface area (Å²) in [6.07, 6.45) is 3.00. The van der Waals surface area contributed by atoms with Gasteiger partial charge in [0.15, 0.2) is 0 Å². The van der Waals surface area contributed by atoms with Gasteiger partial charge in [0.05, 0.1) is 13.4 Å². The van der Waals surface area contributed by atoms with Crippen LogP contribution in [0.5, 0.6) is 5.88 Å². The van der Waals surface area contributed by atoms with Crippen LogP contribution in [0.3, 0.4) is 0 Å². The van der Waals surface area contributed by atoms with Gasteiger partial charge in [-0.2, -0.15) is 0 Å². The maximum absolute atomic E-state index is 11.4. The molecule has 0 aliphatic heterocycles. The number of aromatic nitrogens is 3. The first-order valence-corrected chi connectivity index (χ1v) is 5.96. The fourth-order valence-electron chi connectivity index (χ4n) is 1.43. The molecule has 2 rings (SSSR count). The van der Waals surface area contributed by atoms with E-state index < -0.39 is 0 Å². The molecule has 0 fully saturated rings. The molecule has 18 heavy (non-hydrogen) atoms. The van der Waals surface area contributed by atoms with Crippen LogP contribution in [0.1, 0.15) is 5.56 Å². The lowest BCUT2D eigenvalue weighted by Crippen LogP contribution is -2.12. The number of halogens is 1. The standard InChI is InChI=1S/C11H11BrN4O2/c1-18-11-7(3-2-4-13-11)5-14-9-8(12)10(17)16-6-15-9/h2-4,6H,5H2,1H3,(H2,14,15,16,17). The molecular weight excluding hydrogens is 300 g/mol. The van der Waals surface area contributed by atoms with Crippen molar-refractivity contribution in [2.24, 2.45) is 0 Å². The van der Waals surface area contributed by atoms with E-state index in [2.05, 4.69) is 36.2 Å². The highest BCUT2D eigenvalue weighted by molar-refractivity contribution is 9.10. The first-order chi connectivity index (χ1) is 8.72. The summed E-state index contributed by atoms with van der Waals surface area (Å²) in [7, 11) is 1.56. The van der Waals surface area contributed by atoms with Crippen LogP contribution in [0, 0.1) is 0 Å². The molecule has 0 aliphatic carbocycles. The van der Waals surface area contributed by atoms with E-state index in [0.717, 1.165) is 5.56 Å². The van der Waals surface area contributed by atoms with Crippen LogP contribution >= 0.6 is 15.9 Å². The first kappa shape index (κ1) is 12.6. The molecule has 0 amide bonds. The van der Waals surface area contributed by atoms with Gasteiger partial charge in [-0.1, -0.05) is 6.07 Å². The minimum absolute atomic E-state index is 0.231. The van der Waals surface area contributed by atoms with Gasteiger partial charge in [-0.3, -0.25) is 4.79 Å². The molecule has 0 spiro atoms. The molecule has 6 nitrogen and oxygen atoms in total. The van der Waals surface area contributed by atoms with Crippen LogP contribution in [0.15, 0.2) is 33.9 Å². The highest BCUT2D eigenvalue weighted by Crippen LogP contribution is 2.18. The summed E-state index contributed by atoms with van der Waals surface area (Å²) in [6.45, 7) is 0.464. The highest BCUT2D eigenvalue weighted by atomic mass is 79.9. The summed E-state index contributed by atoms with van der Waals surface area (Å²) < 4.78 is 5.50. The normalized spacial score (nSPS) is 10.1. The van der Waals surface area contributed by atoms with Gasteiger partial charge in [0, 0.05) is 18.3 Å². The zero-order chi connectivity index (χ0) is 13.0. The van der Waals surface area contributed by atoms with E-state index in [-0.39, 0.29) is 5.56 Å². The predicted molar refractivity (Wildman–Crippen MR) is 70.7 cm³/mol. The van der Waals surface area contributed by atoms with Crippen molar-refractivity contribution in [3.8, 4) is 5.88 Å². The summed E-state index contributed by atoms with van der Waals surface area (Å²) in [5.74, 6) is 1.02. The maximum Gasteiger partial charge on any atom is 0.267 e. The Bertz CT molecular complexity index is 600. The Morgan fingerprint density at radius 3 is 3.11 bits per heavy atom. The number of methoxy groups -OCH3 is 1. The largest absolute Gasteiger partial charge is 0.481 e. The van der Waals surface area contributed by atoms with Gasteiger partial charge in [0.1, 0.15) is 10.3 Å². The molecule has 0 unspecified atom stereocenters. The van der Waals surface area contributed by atoms with E-state index in [9.17, 15) is 4.79 Å². The Balaban J connectivity index is 2.16. The number of pyridine rings is 1. The molecule has 2 aromatic rings. The molecule has 0 aliphatic rings. The molecule has 94 valence electrons. The number of H-pyrrole nitrogens is 1. The monoisotopic (exact) mass is 310 g/mol. The number of hydrogen-bond donors (Lipinski definition) is 2. The first-order valence-electron chi connectivity index (χ1n) is 5.17. The molecule has 2 heterocycles. The Morgan fingerprint density at radius 1 is 1.50 bits per heavy atom. The second-order valence-electron chi connectivity index (χ2n) is 3.42. The number of ether oxygens (including phenoxy) is 1. The highest BCUT2D eigenvalue weighted by Gasteiger charge is 2.07. The zero-order valence-corrected chi connectivity index (χ0v) is 11.2. The fourth-order valence-corrected chi connectivity index (χ4v) is 1.78. The van der Waals surface area contributed by atoms with Crippen LogP contribution < -0.4 is 15.6 Å². The van der Waals surface area contributed by atoms with E-state index in [1.807, 2.05) is 12.1 Å². The molecule has 0 saturated heterocycles. The van der Waals surface area contributed by atoms with Crippen molar-refractivity contribution < 1.29 is 4.74 Å². The SMILES string of the molecule is COc1ncccc1CNc1nc[nH]c(=O)c1Br. The third-order valence-electron chi connectivity index (χ3n) is 2.29. The minimum Gasteiger partial charge on any atom is -0.481 e. The Labute approximate surface area is 112 Å². The zero-order valence-electron chi connectivity index (χ0n) is 9.61. The fraction of sp³-hybridized carbons (Fsp3) is 0.182. The van der Waals surface area contributed by atoms with Gasteiger partial charge in [-0.15, -0.1) is 0 Å². The second kappa shape index (κ2) is 5.63. The van der Waals surface area contributed by atoms with Crippen LogP contribution in [0.25, 0.3) is 0 Å². The van der Waals surface area contributed by atoms with Crippen molar-refractivity contribution in [2.45, 2.75) is 6.54 Å². The quantitative estimate of drug-likeness (QED) is 0.895. The van der Waals surface area contributed by atoms with Gasteiger partial charge in [-0.25, -0.2) is 9.97 Å². The van der Waals surface area contributed by atoms with Crippen LogP contribution in [-0.2, 0) is 6.54 Å². The van der Waals surface area contributed by atoms with Gasteiger partial charge < -0.3 is 15.0 Å². The van der Waals surface area contributed by atoms with Crippen LogP contribution in [-0.4, -0.2) is 22.1 Å². The summed E-state index contributed by atoms with van der Waals surface area (Å²) in [4.78, 5) is 21.9. The Morgan fingerprint density at radius 2 is 2.33 bits per heavy atom. The summed E-state index contributed by atoms with van der Waals surface area (Å²) in [6, 6.07) is 3.71. The molecule has 0 saturated carbocycles. The van der Waals surface area contributed by atoms with Crippen LogP contribution in [0.2, 0.25) is 0 Å². The van der Waals surface area contributed by atoms with Gasteiger partial charge in [0.2, 0.25) is 5.88 Å². The van der Waals surface area contributed by atoms with Crippen LogP contribution in [0.4, 0.5) is 5.82 Å². The summed E-state index contributed by atoms with van der Waals surface area (Å²) in [5.41, 5.74) is 0.652. The molecule has 0 atom stereocenters. The molecule has 7 heteroatoms. The number of anilines is 1. The number of hydrogen-bond acceptors (Lipinski definition) is 5. The lowest BCUT2D eigenvalue weighted by molar-refractivity contribution is 0.393. The number of nitrogens with zero attached hydrogens (tertiary/aromatic N) is 2. The van der Waals surface area contributed by atoms with Crippen molar-refractivity contribution in [1.82, 2.24) is 15.0 Å². The second-order valence-corrected chi connectivity index (χ2v) is 4.21. The van der Waals surface area contributed by atoms with Gasteiger partial charge in [0.25, 0.3) is 5.56 Å². The molecule has 2 N–H and O–H groups in total. The van der Waals surface area contributed by atoms with Crippen molar-refractivity contribution in [1.29, 1.82) is 0 Å². The molecule has 0 radical (unpaired) electrons. The Kier molecular flexibility index (Phi) is 3.93. The predicted octanol–water partition coefficient (Wildman–Crippen LogP) is 1.55. The van der Waals surface area contributed by atoms with E-state index in [1.54, 1.807) is 13.3 Å². The van der Waals surface area contributed by atoms with Gasteiger partial charge >= 0.3 is 0 Å². The average Bonchev–Trinajstić information content (AvgIpc) is 2.41. The van der Waals surface area contributed by atoms with E-state index >= 15 is 0 Å². The van der Waals surface area contributed by atoms with E-state index in [1.165, 1.54) is 6.33 Å². The molecular formula is C11H11BrN4O2. The molecule has 0 aromatic carbocycles. The minimum atomic E-state index is -0.231. The average molecular weight is 311 g/mol. The lowest BCUT2D eigenvalue weighted by Gasteiger charge is -2.09. The van der Waals surface area contributed by atoms with E-state index in [4.69, 9.17) is 4.74 Å². The summed E-state index contributed by atoms with van der Waals surface area (Å²) >= 11 is 3.17. The number of aromatic amines is 1. The Hall–Kier alpha value is -1.89. The number of nitrogens with one attached hydrogen (secondary N) is 2. The van der Waals surface area contributed by atoms with Crippen molar-refractivity contribution >= 4 is 21.7 Å². The smallest absolute Gasteiger partial charge is 0.267 e. The summed E-state index contributed by atoms with van der Waals surface area (Å²) in [5, 5.41) is 3.05. The maximum atomic E-state index is 11.4. The van der Waals surface area contributed by atoms with Crippen molar-refractivity contribution in [2.75, 3.05) is 12.4 Å².